The molecule has 0 aliphatic carbocycles. The van der Waals surface area contributed by atoms with Gasteiger partial charge in [0.2, 0.25) is 0 Å². The van der Waals surface area contributed by atoms with E-state index in [-0.39, 0.29) is 12.6 Å². The number of carbonyl (C=O) groups is 1. The molecule has 0 spiro atoms. The minimum absolute atomic E-state index is 0.274. The Morgan fingerprint density at radius 1 is 1.26 bits per heavy atom. The summed E-state index contributed by atoms with van der Waals surface area (Å²) in [5, 5.41) is 15.3. The monoisotopic (exact) mass is 320 g/mol. The van der Waals surface area contributed by atoms with Crippen molar-refractivity contribution in [2.24, 2.45) is 0 Å². The number of hydrogen-bond acceptors (Lipinski definition) is 4. The van der Waals surface area contributed by atoms with Crippen LogP contribution in [0.25, 0.3) is 0 Å². The molecular formula is C17H28N4O2. The molecule has 0 aromatic heterocycles. The summed E-state index contributed by atoms with van der Waals surface area (Å²) < 4.78 is 0. The van der Waals surface area contributed by atoms with E-state index in [1.165, 1.54) is 0 Å². The van der Waals surface area contributed by atoms with Crippen molar-refractivity contribution in [1.82, 2.24) is 10.2 Å². The van der Waals surface area contributed by atoms with E-state index in [2.05, 4.69) is 27.5 Å². The molecule has 1 aliphatic rings. The molecule has 2 amide bonds. The Hall–Kier alpha value is -1.79. The van der Waals surface area contributed by atoms with E-state index in [0.717, 1.165) is 44.0 Å². The number of anilines is 2. The maximum Gasteiger partial charge on any atom is 0.319 e. The summed E-state index contributed by atoms with van der Waals surface area (Å²) in [5.74, 6) is 0. The van der Waals surface area contributed by atoms with Gasteiger partial charge in [0.05, 0.1) is 17.5 Å². The number of likely N-dealkylation sites (N-methyl/N-ethyl adjacent to an activating group) is 1. The molecular weight excluding hydrogens is 292 g/mol. The Kier molecular flexibility index (Phi) is 6.67. The lowest BCUT2D eigenvalue weighted by molar-refractivity contribution is 0.162. The van der Waals surface area contributed by atoms with Gasteiger partial charge in [-0.15, -0.1) is 0 Å². The molecule has 128 valence electrons. The predicted molar refractivity (Wildman–Crippen MR) is 94.1 cm³/mol. The maximum absolute atomic E-state index is 12.0. The Morgan fingerprint density at radius 3 is 2.65 bits per heavy atom. The number of amides is 2. The van der Waals surface area contributed by atoms with Gasteiger partial charge in [0.15, 0.2) is 0 Å². The van der Waals surface area contributed by atoms with E-state index in [9.17, 15) is 9.90 Å². The number of urea groups is 1. The second kappa shape index (κ2) is 8.74. The first-order chi connectivity index (χ1) is 11.1. The van der Waals surface area contributed by atoms with E-state index in [0.29, 0.717) is 6.42 Å². The molecule has 0 bridgehead atoms. The largest absolute Gasteiger partial charge is 0.391 e. The number of aliphatic hydroxyl groups excluding tert-OH is 1. The first-order valence-corrected chi connectivity index (χ1v) is 8.35. The third-order valence-corrected chi connectivity index (χ3v) is 4.12. The molecule has 1 aromatic carbocycles. The Labute approximate surface area is 138 Å². The minimum atomic E-state index is -0.487. The highest BCUT2D eigenvalue weighted by Crippen LogP contribution is 2.26. The normalized spacial score (nSPS) is 16.9. The second-order valence-electron chi connectivity index (χ2n) is 6.08. The average molecular weight is 320 g/mol. The highest BCUT2D eigenvalue weighted by molar-refractivity contribution is 5.93. The minimum Gasteiger partial charge on any atom is -0.391 e. The smallest absolute Gasteiger partial charge is 0.319 e. The number of hydrogen-bond donors (Lipinski definition) is 3. The van der Waals surface area contributed by atoms with Gasteiger partial charge in [0.25, 0.3) is 0 Å². The van der Waals surface area contributed by atoms with Crippen LogP contribution in [-0.4, -0.2) is 61.9 Å². The number of benzene rings is 1. The SMILES string of the molecule is CCCC(O)CNC(=O)Nc1ccccc1N1CCN(C)CC1. The number of para-hydroxylation sites is 2. The molecule has 0 saturated carbocycles. The molecule has 1 heterocycles. The van der Waals surface area contributed by atoms with Gasteiger partial charge in [-0.25, -0.2) is 4.79 Å². The summed E-state index contributed by atoms with van der Waals surface area (Å²) in [5.41, 5.74) is 1.85. The standard InChI is InChI=1S/C17H28N4O2/c1-3-6-14(22)13-18-17(23)19-15-7-4-5-8-16(15)21-11-9-20(2)10-12-21/h4-5,7-8,14,22H,3,6,9-13H2,1-2H3,(H2,18,19,23). The highest BCUT2D eigenvalue weighted by atomic mass is 16.3. The predicted octanol–water partition coefficient (Wildman–Crippen LogP) is 1.72. The fraction of sp³-hybridized carbons (Fsp3) is 0.588. The van der Waals surface area contributed by atoms with Gasteiger partial charge in [0.1, 0.15) is 0 Å². The van der Waals surface area contributed by atoms with Gasteiger partial charge >= 0.3 is 6.03 Å². The Morgan fingerprint density at radius 2 is 1.96 bits per heavy atom. The van der Waals surface area contributed by atoms with Crippen molar-refractivity contribution < 1.29 is 9.90 Å². The van der Waals surface area contributed by atoms with Crippen LogP contribution in [0, 0.1) is 0 Å². The molecule has 3 N–H and O–H groups in total. The number of aliphatic hydroxyl groups is 1. The lowest BCUT2D eigenvalue weighted by atomic mass is 10.2. The van der Waals surface area contributed by atoms with Crippen LogP contribution in [0.1, 0.15) is 19.8 Å². The third kappa shape index (κ3) is 5.41. The van der Waals surface area contributed by atoms with E-state index < -0.39 is 6.10 Å². The van der Waals surface area contributed by atoms with Crippen LogP contribution >= 0.6 is 0 Å². The molecule has 0 radical (unpaired) electrons. The highest BCUT2D eigenvalue weighted by Gasteiger charge is 2.17. The fourth-order valence-electron chi connectivity index (χ4n) is 2.71. The zero-order valence-corrected chi connectivity index (χ0v) is 14.1. The van der Waals surface area contributed by atoms with Crippen LogP contribution in [0.3, 0.4) is 0 Å². The van der Waals surface area contributed by atoms with Crippen molar-refractivity contribution in [3.63, 3.8) is 0 Å². The maximum atomic E-state index is 12.0. The molecule has 1 aromatic rings. The van der Waals surface area contributed by atoms with E-state index >= 15 is 0 Å². The number of carbonyl (C=O) groups excluding carboxylic acids is 1. The first kappa shape index (κ1) is 17.6. The molecule has 1 unspecified atom stereocenters. The number of piperazine rings is 1. The van der Waals surface area contributed by atoms with Gasteiger partial charge in [0, 0.05) is 32.7 Å². The van der Waals surface area contributed by atoms with Crippen LogP contribution in [0.5, 0.6) is 0 Å². The van der Waals surface area contributed by atoms with Gasteiger partial charge < -0.3 is 25.5 Å². The molecule has 6 nitrogen and oxygen atoms in total. The lowest BCUT2D eigenvalue weighted by Crippen LogP contribution is -2.45. The molecule has 1 aliphatic heterocycles. The average Bonchev–Trinajstić information content (AvgIpc) is 2.55. The van der Waals surface area contributed by atoms with Crippen molar-refractivity contribution in [2.75, 3.05) is 50.0 Å². The Balaban J connectivity index is 1.93. The first-order valence-electron chi connectivity index (χ1n) is 8.35. The number of nitrogens with zero attached hydrogens (tertiary/aromatic N) is 2. The van der Waals surface area contributed by atoms with Crippen LogP contribution in [0.15, 0.2) is 24.3 Å². The molecule has 1 fully saturated rings. The zero-order valence-electron chi connectivity index (χ0n) is 14.1. The van der Waals surface area contributed by atoms with Gasteiger partial charge in [-0.05, 0) is 25.6 Å². The number of nitrogens with one attached hydrogen (secondary N) is 2. The number of rotatable bonds is 6. The Bertz CT molecular complexity index is 501. The molecule has 1 atom stereocenters. The van der Waals surface area contributed by atoms with Crippen molar-refractivity contribution in [3.8, 4) is 0 Å². The van der Waals surface area contributed by atoms with Crippen molar-refractivity contribution in [1.29, 1.82) is 0 Å². The van der Waals surface area contributed by atoms with Crippen LogP contribution in [0.4, 0.5) is 16.2 Å². The molecule has 2 rings (SSSR count). The zero-order chi connectivity index (χ0) is 16.7. The molecule has 6 heteroatoms. The summed E-state index contributed by atoms with van der Waals surface area (Å²) in [7, 11) is 2.12. The lowest BCUT2D eigenvalue weighted by Gasteiger charge is -2.35. The topological polar surface area (TPSA) is 67.8 Å². The summed E-state index contributed by atoms with van der Waals surface area (Å²) >= 11 is 0. The quantitative estimate of drug-likeness (QED) is 0.746. The molecule has 23 heavy (non-hydrogen) atoms. The van der Waals surface area contributed by atoms with Gasteiger partial charge in [-0.1, -0.05) is 25.5 Å². The van der Waals surface area contributed by atoms with Crippen LogP contribution < -0.4 is 15.5 Å². The van der Waals surface area contributed by atoms with Gasteiger partial charge in [-0.2, -0.15) is 0 Å². The third-order valence-electron chi connectivity index (χ3n) is 4.12. The summed E-state index contributed by atoms with van der Waals surface area (Å²) in [6.07, 6.45) is 1.10. The summed E-state index contributed by atoms with van der Waals surface area (Å²) in [6.45, 7) is 6.22. The second-order valence-corrected chi connectivity index (χ2v) is 6.08. The van der Waals surface area contributed by atoms with Crippen LogP contribution in [-0.2, 0) is 0 Å². The van der Waals surface area contributed by atoms with E-state index in [1.807, 2.05) is 31.2 Å². The summed E-state index contributed by atoms with van der Waals surface area (Å²) in [4.78, 5) is 16.6. The fourth-order valence-corrected chi connectivity index (χ4v) is 2.71. The summed E-state index contributed by atoms with van der Waals surface area (Å²) in [6, 6.07) is 7.58. The van der Waals surface area contributed by atoms with Crippen molar-refractivity contribution >= 4 is 17.4 Å². The van der Waals surface area contributed by atoms with E-state index in [4.69, 9.17) is 0 Å². The van der Waals surface area contributed by atoms with Gasteiger partial charge in [-0.3, -0.25) is 0 Å². The molecule has 1 saturated heterocycles. The van der Waals surface area contributed by atoms with E-state index in [1.54, 1.807) is 0 Å². The van der Waals surface area contributed by atoms with Crippen LogP contribution in [0.2, 0.25) is 0 Å². The van der Waals surface area contributed by atoms with Crippen molar-refractivity contribution in [3.05, 3.63) is 24.3 Å². The van der Waals surface area contributed by atoms with Crippen molar-refractivity contribution in [2.45, 2.75) is 25.9 Å².